The van der Waals surface area contributed by atoms with Crippen LogP contribution in [0.4, 0.5) is 13.2 Å². The molecule has 1 aromatic heterocycles. The lowest BCUT2D eigenvalue weighted by Gasteiger charge is -2.36. The van der Waals surface area contributed by atoms with Gasteiger partial charge in [0.25, 0.3) is 5.91 Å². The minimum Gasteiger partial charge on any atom is -0.430 e. The Bertz CT molecular complexity index is 910. The van der Waals surface area contributed by atoms with Crippen LogP contribution in [0.15, 0.2) is 18.3 Å². The Labute approximate surface area is 171 Å². The molecule has 1 fully saturated rings. The Morgan fingerprint density at radius 2 is 1.97 bits per heavy atom. The molecule has 0 spiro atoms. The number of hydrogen-bond acceptors (Lipinski definition) is 4. The molecule has 2 N–H and O–H groups in total. The van der Waals surface area contributed by atoms with E-state index in [0.717, 1.165) is 31.7 Å². The highest BCUT2D eigenvalue weighted by molar-refractivity contribution is 6.36. The third-order valence-electron chi connectivity index (χ3n) is 5.35. The number of ether oxygens (including phenoxy) is 1. The van der Waals surface area contributed by atoms with E-state index in [1.807, 2.05) is 0 Å². The molecule has 0 saturated heterocycles. The van der Waals surface area contributed by atoms with E-state index in [0.29, 0.717) is 0 Å². The summed E-state index contributed by atoms with van der Waals surface area (Å²) in [7, 11) is 0. The normalized spacial score (nSPS) is 20.1. The minimum absolute atomic E-state index is 0.0288. The van der Waals surface area contributed by atoms with Gasteiger partial charge in [0.15, 0.2) is 11.6 Å². The molecule has 1 aromatic carbocycles. The van der Waals surface area contributed by atoms with Gasteiger partial charge in [0.05, 0.1) is 16.7 Å². The molecule has 1 aliphatic rings. The molecule has 158 valence electrons. The predicted molar refractivity (Wildman–Crippen MR) is 103 cm³/mol. The molecular formula is C20H22ClF3N2O3. The van der Waals surface area contributed by atoms with Crippen LogP contribution in [0.5, 0.6) is 5.75 Å². The van der Waals surface area contributed by atoms with Crippen LogP contribution in [-0.4, -0.2) is 34.3 Å². The van der Waals surface area contributed by atoms with Gasteiger partial charge < -0.3 is 15.2 Å². The average Bonchev–Trinajstić information content (AvgIpc) is 2.64. The molecule has 1 amide bonds. The van der Waals surface area contributed by atoms with Crippen molar-refractivity contribution >= 4 is 28.4 Å². The number of hydrogen-bond donors (Lipinski definition) is 2. The summed E-state index contributed by atoms with van der Waals surface area (Å²) in [5.41, 5.74) is -0.473. The number of aliphatic hydroxyl groups is 1. The van der Waals surface area contributed by atoms with Gasteiger partial charge in [-0.15, -0.1) is 0 Å². The zero-order chi connectivity index (χ0) is 21.3. The second-order valence-electron chi connectivity index (χ2n) is 7.85. The van der Waals surface area contributed by atoms with Crippen LogP contribution in [0.2, 0.25) is 5.02 Å². The highest BCUT2D eigenvalue weighted by Crippen LogP contribution is 2.36. The molecule has 0 aliphatic heterocycles. The van der Waals surface area contributed by atoms with Crippen LogP contribution in [0.1, 0.15) is 49.9 Å². The second-order valence-corrected chi connectivity index (χ2v) is 8.23. The van der Waals surface area contributed by atoms with Gasteiger partial charge in [0, 0.05) is 17.6 Å². The lowest BCUT2D eigenvalue weighted by Crippen LogP contribution is -2.41. The monoisotopic (exact) mass is 430 g/mol. The van der Waals surface area contributed by atoms with Crippen molar-refractivity contribution in [3.8, 4) is 5.75 Å². The minimum atomic E-state index is -3.23. The van der Waals surface area contributed by atoms with Crippen molar-refractivity contribution in [2.75, 3.05) is 0 Å². The molecule has 3 rings (SSSR count). The summed E-state index contributed by atoms with van der Waals surface area (Å²) < 4.78 is 43.1. The van der Waals surface area contributed by atoms with Crippen LogP contribution in [0, 0.1) is 11.7 Å². The maximum absolute atomic E-state index is 14.1. The van der Waals surface area contributed by atoms with Crippen molar-refractivity contribution in [1.29, 1.82) is 0 Å². The maximum Gasteiger partial charge on any atom is 0.387 e. The smallest absolute Gasteiger partial charge is 0.387 e. The first-order chi connectivity index (χ1) is 13.6. The fourth-order valence-corrected chi connectivity index (χ4v) is 4.02. The number of fused-ring (bicyclic) bond motifs is 1. The Kier molecular flexibility index (Phi) is 6.24. The number of aromatic nitrogens is 1. The van der Waals surface area contributed by atoms with Gasteiger partial charge in [-0.2, -0.15) is 8.78 Å². The van der Waals surface area contributed by atoms with Crippen LogP contribution in [-0.2, 0) is 0 Å². The van der Waals surface area contributed by atoms with Gasteiger partial charge in [-0.3, -0.25) is 9.78 Å². The predicted octanol–water partition coefficient (Wildman–Crippen LogP) is 4.69. The summed E-state index contributed by atoms with van der Waals surface area (Å²) in [6.45, 7) is 0.356. The standard InChI is InChI=1S/C20H22ClF3N2O3/c1-20(2,28)12-3-5-13(6-4-12)26-18(27)11-7-10-8-14(22)17(29-19(23)24)15(21)16(10)25-9-11/h7-9,12-13,19,28H,3-6H2,1-2H3,(H,26,27). The third-order valence-corrected chi connectivity index (χ3v) is 5.70. The quantitative estimate of drug-likeness (QED) is 0.722. The number of nitrogens with zero attached hydrogens (tertiary/aromatic N) is 1. The highest BCUT2D eigenvalue weighted by atomic mass is 35.5. The molecular weight excluding hydrogens is 409 g/mol. The van der Waals surface area contributed by atoms with Gasteiger partial charge in [-0.1, -0.05) is 11.6 Å². The van der Waals surface area contributed by atoms with E-state index in [9.17, 15) is 23.1 Å². The molecule has 5 nitrogen and oxygen atoms in total. The number of pyridine rings is 1. The first-order valence-corrected chi connectivity index (χ1v) is 9.70. The van der Waals surface area contributed by atoms with Crippen molar-refractivity contribution in [3.05, 3.63) is 34.7 Å². The molecule has 0 radical (unpaired) electrons. The van der Waals surface area contributed by atoms with Gasteiger partial charge in [-0.05, 0) is 57.6 Å². The largest absolute Gasteiger partial charge is 0.430 e. The number of nitrogens with one attached hydrogen (secondary N) is 1. The highest BCUT2D eigenvalue weighted by Gasteiger charge is 2.32. The van der Waals surface area contributed by atoms with Crippen molar-refractivity contribution in [3.63, 3.8) is 0 Å². The summed E-state index contributed by atoms with van der Waals surface area (Å²) in [6, 6.07) is 2.33. The molecule has 1 heterocycles. The van der Waals surface area contributed by atoms with E-state index in [4.69, 9.17) is 11.6 Å². The molecule has 9 heteroatoms. The zero-order valence-corrected chi connectivity index (χ0v) is 16.8. The SMILES string of the molecule is CC(C)(O)C1CCC(NC(=O)c2cnc3c(Cl)c(OC(F)F)c(F)cc3c2)CC1. The van der Waals surface area contributed by atoms with Crippen LogP contribution in [0.25, 0.3) is 10.9 Å². The fourth-order valence-electron chi connectivity index (χ4n) is 3.72. The van der Waals surface area contributed by atoms with E-state index in [1.165, 1.54) is 12.3 Å². The zero-order valence-electron chi connectivity index (χ0n) is 16.0. The summed E-state index contributed by atoms with van der Waals surface area (Å²) in [5.74, 6) is -2.02. The Hall–Kier alpha value is -2.06. The number of alkyl halides is 2. The molecule has 0 atom stereocenters. The Morgan fingerprint density at radius 1 is 1.31 bits per heavy atom. The Morgan fingerprint density at radius 3 is 2.55 bits per heavy atom. The number of carbonyl (C=O) groups excluding carboxylic acids is 1. The topological polar surface area (TPSA) is 71.5 Å². The lowest BCUT2D eigenvalue weighted by molar-refractivity contribution is -0.0520. The fraction of sp³-hybridized carbons (Fsp3) is 0.500. The third kappa shape index (κ3) is 4.93. The molecule has 1 aliphatic carbocycles. The van der Waals surface area contributed by atoms with E-state index < -0.39 is 23.8 Å². The molecule has 0 unspecified atom stereocenters. The maximum atomic E-state index is 14.1. The van der Waals surface area contributed by atoms with Crippen LogP contribution < -0.4 is 10.1 Å². The number of benzene rings is 1. The van der Waals surface area contributed by atoms with Gasteiger partial charge in [-0.25, -0.2) is 4.39 Å². The number of carbonyl (C=O) groups is 1. The van der Waals surface area contributed by atoms with E-state index >= 15 is 0 Å². The van der Waals surface area contributed by atoms with Gasteiger partial charge >= 0.3 is 6.61 Å². The first kappa shape index (κ1) is 21.6. The van der Waals surface area contributed by atoms with Crippen molar-refractivity contribution < 1.29 is 27.8 Å². The number of rotatable bonds is 5. The molecule has 29 heavy (non-hydrogen) atoms. The van der Waals surface area contributed by atoms with Crippen LogP contribution in [0.3, 0.4) is 0 Å². The van der Waals surface area contributed by atoms with Gasteiger partial charge in [0.2, 0.25) is 0 Å². The molecule has 1 saturated carbocycles. The number of halogens is 4. The summed E-state index contributed by atoms with van der Waals surface area (Å²) in [5, 5.41) is 12.9. The van der Waals surface area contributed by atoms with Crippen LogP contribution >= 0.6 is 11.6 Å². The summed E-state index contributed by atoms with van der Waals surface area (Å²) in [6.07, 6.45) is 4.36. The summed E-state index contributed by atoms with van der Waals surface area (Å²) in [4.78, 5) is 16.6. The van der Waals surface area contributed by atoms with E-state index in [2.05, 4.69) is 15.0 Å². The van der Waals surface area contributed by atoms with E-state index in [-0.39, 0.29) is 39.4 Å². The average molecular weight is 431 g/mol. The Balaban J connectivity index is 1.74. The molecule has 0 bridgehead atoms. The lowest BCUT2D eigenvalue weighted by atomic mass is 9.77. The molecule has 2 aromatic rings. The van der Waals surface area contributed by atoms with Crippen molar-refractivity contribution in [1.82, 2.24) is 10.3 Å². The number of amides is 1. The second kappa shape index (κ2) is 8.36. The van der Waals surface area contributed by atoms with Gasteiger partial charge in [0.1, 0.15) is 5.02 Å². The van der Waals surface area contributed by atoms with Crippen molar-refractivity contribution in [2.24, 2.45) is 5.92 Å². The first-order valence-electron chi connectivity index (χ1n) is 9.32. The summed E-state index contributed by atoms with van der Waals surface area (Å²) >= 11 is 5.95. The van der Waals surface area contributed by atoms with E-state index in [1.54, 1.807) is 13.8 Å². The van der Waals surface area contributed by atoms with Crippen molar-refractivity contribution in [2.45, 2.75) is 57.8 Å².